The van der Waals surface area contributed by atoms with Crippen molar-refractivity contribution in [1.29, 1.82) is 0 Å². The molecule has 62 valence electrons. The van der Waals surface area contributed by atoms with E-state index in [1.807, 2.05) is 6.92 Å². The Morgan fingerprint density at radius 1 is 1.33 bits per heavy atom. The smallest absolute Gasteiger partial charge is 0.384 e. The quantitative estimate of drug-likeness (QED) is 0.451. The van der Waals surface area contributed by atoms with Crippen LogP contribution in [0.1, 0.15) is 33.9 Å². The number of oxazole rings is 1. The van der Waals surface area contributed by atoms with Gasteiger partial charge in [-0.15, -0.1) is 0 Å². The Kier molecular flexibility index (Phi) is 1.27. The molecule has 2 rings (SSSR count). The molecule has 0 amide bonds. The molecule has 0 radical (unpaired) electrons. The molecule has 5 heteroatoms. The largest absolute Gasteiger partial charge is 0.433 e. The molecule has 0 bridgehead atoms. The molecule has 0 atom stereocenters. The van der Waals surface area contributed by atoms with Crippen LogP contribution in [0.5, 0.6) is 0 Å². The zero-order chi connectivity index (χ0) is 8.72. The van der Waals surface area contributed by atoms with Crippen LogP contribution >= 0.6 is 0 Å². The molecule has 1 aliphatic heterocycles. The first-order chi connectivity index (χ1) is 5.72. The van der Waals surface area contributed by atoms with E-state index in [2.05, 4.69) is 9.72 Å². The molecule has 0 unspecified atom stereocenters. The number of rotatable bonds is 1. The fourth-order valence-electron chi connectivity index (χ4n) is 0.971. The SMILES string of the molecule is CCc1nc2c(o1)C(=O)OC2=O. The van der Waals surface area contributed by atoms with E-state index in [4.69, 9.17) is 4.42 Å². The summed E-state index contributed by atoms with van der Waals surface area (Å²) in [7, 11) is 0. The first kappa shape index (κ1) is 7.02. The maximum atomic E-state index is 10.8. The predicted octanol–water partition coefficient (Wildman–Crippen LogP) is 0.548. The molecule has 0 spiro atoms. The topological polar surface area (TPSA) is 69.4 Å². The highest BCUT2D eigenvalue weighted by Crippen LogP contribution is 2.20. The van der Waals surface area contributed by atoms with Gasteiger partial charge in [0.25, 0.3) is 0 Å². The number of hydrogen-bond donors (Lipinski definition) is 0. The Hall–Kier alpha value is -1.65. The van der Waals surface area contributed by atoms with Gasteiger partial charge < -0.3 is 9.15 Å². The summed E-state index contributed by atoms with van der Waals surface area (Å²) in [6, 6.07) is 0. The van der Waals surface area contributed by atoms with Gasteiger partial charge in [0, 0.05) is 6.42 Å². The number of cyclic esters (lactones) is 2. The first-order valence-electron chi connectivity index (χ1n) is 3.48. The lowest BCUT2D eigenvalue weighted by Crippen LogP contribution is -2.00. The highest BCUT2D eigenvalue weighted by atomic mass is 16.6. The number of aryl methyl sites for hydroxylation is 1. The summed E-state index contributed by atoms with van der Waals surface area (Å²) < 4.78 is 9.19. The van der Waals surface area contributed by atoms with Crippen molar-refractivity contribution in [3.8, 4) is 0 Å². The average Bonchev–Trinajstić information content (AvgIpc) is 2.55. The molecule has 1 aromatic rings. The monoisotopic (exact) mass is 167 g/mol. The number of ether oxygens (including phenoxy) is 1. The number of carbonyl (C=O) groups is 2. The van der Waals surface area contributed by atoms with Crippen molar-refractivity contribution in [2.24, 2.45) is 0 Å². The second kappa shape index (κ2) is 2.17. The number of carbonyl (C=O) groups excluding carboxylic acids is 2. The summed E-state index contributed by atoms with van der Waals surface area (Å²) in [5, 5.41) is 0. The summed E-state index contributed by atoms with van der Waals surface area (Å²) in [5.41, 5.74) is -0.00292. The lowest BCUT2D eigenvalue weighted by Gasteiger charge is -1.87. The standard InChI is InChI=1S/C7H5NO4/c1-2-3-8-4-5(11-3)7(10)12-6(4)9/h2H2,1H3. The molecule has 0 aromatic carbocycles. The molecule has 0 fully saturated rings. The van der Waals surface area contributed by atoms with Gasteiger partial charge in [0.2, 0.25) is 11.5 Å². The molecule has 0 N–H and O–H groups in total. The van der Waals surface area contributed by atoms with Crippen molar-refractivity contribution in [3.05, 3.63) is 17.3 Å². The van der Waals surface area contributed by atoms with Gasteiger partial charge in [0.15, 0.2) is 5.89 Å². The van der Waals surface area contributed by atoms with Crippen molar-refractivity contribution < 1.29 is 18.7 Å². The Labute approximate surface area is 67.3 Å². The van der Waals surface area contributed by atoms with Crippen LogP contribution in [0.15, 0.2) is 4.42 Å². The van der Waals surface area contributed by atoms with Gasteiger partial charge in [-0.25, -0.2) is 14.6 Å². The zero-order valence-electron chi connectivity index (χ0n) is 6.29. The van der Waals surface area contributed by atoms with Crippen LogP contribution in [0.3, 0.4) is 0 Å². The molecular formula is C7H5NO4. The minimum atomic E-state index is -0.748. The van der Waals surface area contributed by atoms with Crippen LogP contribution in [-0.2, 0) is 11.2 Å². The third-order valence-electron chi connectivity index (χ3n) is 1.54. The Morgan fingerprint density at radius 3 is 2.67 bits per heavy atom. The number of aromatic nitrogens is 1. The van der Waals surface area contributed by atoms with Crippen LogP contribution in [0, 0.1) is 0 Å². The number of nitrogens with zero attached hydrogens (tertiary/aromatic N) is 1. The summed E-state index contributed by atoms with van der Waals surface area (Å²) in [5.74, 6) is -1.16. The zero-order valence-corrected chi connectivity index (χ0v) is 6.29. The average molecular weight is 167 g/mol. The van der Waals surface area contributed by atoms with Gasteiger partial charge in [-0.2, -0.15) is 0 Å². The molecule has 2 heterocycles. The molecule has 1 aliphatic rings. The van der Waals surface area contributed by atoms with E-state index < -0.39 is 11.9 Å². The summed E-state index contributed by atoms with van der Waals surface area (Å²) in [4.78, 5) is 25.4. The molecule has 0 saturated heterocycles. The molecule has 0 saturated carbocycles. The minimum Gasteiger partial charge on any atom is -0.433 e. The molecule has 0 aliphatic carbocycles. The second-order valence-electron chi connectivity index (χ2n) is 2.32. The number of fused-ring (bicyclic) bond motifs is 1. The van der Waals surface area contributed by atoms with Crippen LogP contribution < -0.4 is 0 Å². The van der Waals surface area contributed by atoms with Crippen molar-refractivity contribution in [1.82, 2.24) is 4.98 Å². The fraction of sp³-hybridized carbons (Fsp3) is 0.286. The van der Waals surface area contributed by atoms with E-state index in [0.717, 1.165) is 0 Å². The first-order valence-corrected chi connectivity index (χ1v) is 3.48. The number of hydrogen-bond acceptors (Lipinski definition) is 5. The predicted molar refractivity (Wildman–Crippen MR) is 35.6 cm³/mol. The highest BCUT2D eigenvalue weighted by molar-refractivity contribution is 6.11. The summed E-state index contributed by atoms with van der Waals surface area (Å²) >= 11 is 0. The molecule has 1 aromatic heterocycles. The van der Waals surface area contributed by atoms with E-state index in [1.54, 1.807) is 0 Å². The molecule has 12 heavy (non-hydrogen) atoms. The van der Waals surface area contributed by atoms with Gasteiger partial charge >= 0.3 is 11.9 Å². The maximum Gasteiger partial charge on any atom is 0.384 e. The number of esters is 2. The van der Waals surface area contributed by atoms with Gasteiger partial charge in [-0.1, -0.05) is 6.92 Å². The minimum absolute atomic E-state index is 0.00292. The Morgan fingerprint density at radius 2 is 2.08 bits per heavy atom. The van der Waals surface area contributed by atoms with Gasteiger partial charge in [0.05, 0.1) is 0 Å². The van der Waals surface area contributed by atoms with Crippen LogP contribution in [0.4, 0.5) is 0 Å². The van der Waals surface area contributed by atoms with Gasteiger partial charge in [-0.3, -0.25) is 0 Å². The summed E-state index contributed by atoms with van der Waals surface area (Å²) in [6.45, 7) is 1.82. The summed E-state index contributed by atoms with van der Waals surface area (Å²) in [6.07, 6.45) is 0.549. The lowest BCUT2D eigenvalue weighted by molar-refractivity contribution is 0.0423. The Bertz CT molecular complexity index is 334. The van der Waals surface area contributed by atoms with Crippen molar-refractivity contribution >= 4 is 11.9 Å². The molecule has 5 nitrogen and oxygen atoms in total. The lowest BCUT2D eigenvalue weighted by atomic mass is 10.4. The maximum absolute atomic E-state index is 10.8. The van der Waals surface area contributed by atoms with Crippen molar-refractivity contribution in [2.75, 3.05) is 0 Å². The third-order valence-corrected chi connectivity index (χ3v) is 1.54. The normalized spacial score (nSPS) is 14.8. The van der Waals surface area contributed by atoms with E-state index in [1.165, 1.54) is 0 Å². The third kappa shape index (κ3) is 0.761. The Balaban J connectivity index is 2.56. The van der Waals surface area contributed by atoms with Gasteiger partial charge in [0.1, 0.15) is 0 Å². The van der Waals surface area contributed by atoms with E-state index in [9.17, 15) is 9.59 Å². The van der Waals surface area contributed by atoms with Crippen LogP contribution in [0.2, 0.25) is 0 Å². The van der Waals surface area contributed by atoms with E-state index in [-0.39, 0.29) is 11.5 Å². The van der Waals surface area contributed by atoms with Crippen LogP contribution in [0.25, 0.3) is 0 Å². The van der Waals surface area contributed by atoms with E-state index >= 15 is 0 Å². The molecular weight excluding hydrogens is 162 g/mol. The van der Waals surface area contributed by atoms with Gasteiger partial charge in [-0.05, 0) is 0 Å². The fourth-order valence-corrected chi connectivity index (χ4v) is 0.971. The second-order valence-corrected chi connectivity index (χ2v) is 2.32. The van der Waals surface area contributed by atoms with Crippen LogP contribution in [-0.4, -0.2) is 16.9 Å². The van der Waals surface area contributed by atoms with Crippen molar-refractivity contribution in [2.45, 2.75) is 13.3 Å². The highest BCUT2D eigenvalue weighted by Gasteiger charge is 2.36. The van der Waals surface area contributed by atoms with E-state index in [0.29, 0.717) is 12.3 Å². The van der Waals surface area contributed by atoms with Crippen molar-refractivity contribution in [3.63, 3.8) is 0 Å².